The number of hydrazine groups is 1. The van der Waals surface area contributed by atoms with Crippen LogP contribution in [-0.2, 0) is 6.42 Å². The minimum Gasteiger partial charge on any atom is -0.267 e. The Kier molecular flexibility index (Phi) is 6.45. The lowest BCUT2D eigenvalue weighted by Crippen LogP contribution is -2.52. The fraction of sp³-hybridized carbons (Fsp3) is 0.207. The molecular formula is C29H27N3O2. The zero-order chi connectivity index (χ0) is 23.3. The zero-order valence-electron chi connectivity index (χ0n) is 19.1. The van der Waals surface area contributed by atoms with Gasteiger partial charge in [-0.1, -0.05) is 73.2 Å². The quantitative estimate of drug-likeness (QED) is 0.377. The average Bonchev–Trinajstić information content (AvgIpc) is 2.90. The molecule has 2 amide bonds. The lowest BCUT2D eigenvalue weighted by atomic mass is 10.0. The Morgan fingerprint density at radius 1 is 0.765 bits per heavy atom. The summed E-state index contributed by atoms with van der Waals surface area (Å²) in [7, 11) is 0. The maximum absolute atomic E-state index is 14.1. The van der Waals surface area contributed by atoms with Crippen molar-refractivity contribution in [2.75, 3.05) is 13.1 Å². The Labute approximate surface area is 199 Å². The molecule has 0 N–H and O–H groups in total. The molecule has 0 aliphatic carbocycles. The van der Waals surface area contributed by atoms with Gasteiger partial charge in [-0.05, 0) is 42.7 Å². The molecule has 5 rings (SSSR count). The summed E-state index contributed by atoms with van der Waals surface area (Å²) in [5.41, 5.74) is 3.69. The number of carbonyl (C=O) groups excluding carboxylic acids is 2. The molecule has 0 atom stereocenters. The fourth-order valence-electron chi connectivity index (χ4n) is 4.55. The summed E-state index contributed by atoms with van der Waals surface area (Å²) in [6.07, 6.45) is 3.64. The first-order valence-corrected chi connectivity index (χ1v) is 11.8. The van der Waals surface area contributed by atoms with E-state index in [2.05, 4.69) is 12.1 Å². The van der Waals surface area contributed by atoms with Crippen molar-refractivity contribution in [1.82, 2.24) is 15.0 Å². The molecule has 1 aliphatic heterocycles. The Hall–Kier alpha value is -3.83. The summed E-state index contributed by atoms with van der Waals surface area (Å²) in [6, 6.07) is 28.6. The van der Waals surface area contributed by atoms with Gasteiger partial charge in [-0.3, -0.25) is 14.6 Å². The predicted octanol–water partition coefficient (Wildman–Crippen LogP) is 5.51. The topological polar surface area (TPSA) is 53.5 Å². The lowest BCUT2D eigenvalue weighted by molar-refractivity contribution is -0.0108. The van der Waals surface area contributed by atoms with E-state index in [-0.39, 0.29) is 11.8 Å². The molecule has 1 aliphatic rings. The van der Waals surface area contributed by atoms with Crippen molar-refractivity contribution in [3.05, 3.63) is 113 Å². The van der Waals surface area contributed by atoms with Crippen LogP contribution in [-0.4, -0.2) is 39.9 Å². The third kappa shape index (κ3) is 4.61. The van der Waals surface area contributed by atoms with Crippen LogP contribution in [0.3, 0.4) is 0 Å². The van der Waals surface area contributed by atoms with Crippen LogP contribution in [0.1, 0.15) is 51.2 Å². The third-order valence-corrected chi connectivity index (χ3v) is 6.25. The summed E-state index contributed by atoms with van der Waals surface area (Å²) in [6.45, 7) is 1.37. The van der Waals surface area contributed by atoms with E-state index in [0.717, 1.165) is 41.4 Å². The van der Waals surface area contributed by atoms with Crippen molar-refractivity contribution in [3.8, 4) is 0 Å². The van der Waals surface area contributed by atoms with Crippen molar-refractivity contribution in [2.24, 2.45) is 0 Å². The maximum atomic E-state index is 14.1. The Morgan fingerprint density at radius 2 is 1.41 bits per heavy atom. The van der Waals surface area contributed by atoms with Gasteiger partial charge in [0.15, 0.2) is 0 Å². The zero-order valence-corrected chi connectivity index (χ0v) is 19.1. The Balaban J connectivity index is 1.59. The number of fused-ring (bicyclic) bond motifs is 1. The number of imide groups is 1. The Morgan fingerprint density at radius 3 is 2.15 bits per heavy atom. The molecule has 5 heteroatoms. The molecule has 170 valence electrons. The smallest absolute Gasteiger partial charge is 0.267 e. The molecule has 34 heavy (non-hydrogen) atoms. The van der Waals surface area contributed by atoms with Gasteiger partial charge < -0.3 is 0 Å². The molecule has 0 spiro atoms. The van der Waals surface area contributed by atoms with E-state index in [1.807, 2.05) is 71.7 Å². The average molecular weight is 450 g/mol. The molecule has 2 heterocycles. The largest absolute Gasteiger partial charge is 0.276 e. The number of hydrogen-bond donors (Lipinski definition) is 0. The maximum Gasteiger partial charge on any atom is 0.276 e. The number of hydrogen-bond acceptors (Lipinski definition) is 4. The van der Waals surface area contributed by atoms with Gasteiger partial charge in [0.05, 0.1) is 11.1 Å². The van der Waals surface area contributed by atoms with E-state index in [1.165, 1.54) is 5.01 Å². The van der Waals surface area contributed by atoms with Gasteiger partial charge in [0.2, 0.25) is 0 Å². The lowest BCUT2D eigenvalue weighted by Gasteiger charge is -2.36. The molecular weight excluding hydrogens is 422 g/mol. The first-order valence-electron chi connectivity index (χ1n) is 11.8. The van der Waals surface area contributed by atoms with Crippen LogP contribution in [0, 0.1) is 0 Å². The van der Waals surface area contributed by atoms with Gasteiger partial charge in [0.25, 0.3) is 11.8 Å². The Bertz CT molecular complexity index is 1300. The third-order valence-electron chi connectivity index (χ3n) is 6.25. The SMILES string of the molecule is O=C(c1ccccc1)N(C(=O)c1cc(Cc2ccccc2)nc2ccccc12)N1CCCCC1. The van der Waals surface area contributed by atoms with Gasteiger partial charge in [-0.2, -0.15) is 0 Å². The van der Waals surface area contributed by atoms with Gasteiger partial charge in [0.1, 0.15) is 0 Å². The highest BCUT2D eigenvalue weighted by atomic mass is 16.2. The van der Waals surface area contributed by atoms with E-state index < -0.39 is 0 Å². The highest BCUT2D eigenvalue weighted by Crippen LogP contribution is 2.24. The molecule has 0 radical (unpaired) electrons. The summed E-state index contributed by atoms with van der Waals surface area (Å²) in [4.78, 5) is 32.6. The van der Waals surface area contributed by atoms with E-state index in [9.17, 15) is 9.59 Å². The van der Waals surface area contributed by atoms with E-state index in [4.69, 9.17) is 4.98 Å². The molecule has 1 aromatic heterocycles. The number of aromatic nitrogens is 1. The highest BCUT2D eigenvalue weighted by Gasteiger charge is 2.32. The number of para-hydroxylation sites is 1. The van der Waals surface area contributed by atoms with Crippen LogP contribution in [0.25, 0.3) is 10.9 Å². The number of piperidine rings is 1. The van der Waals surface area contributed by atoms with Crippen LogP contribution in [0.15, 0.2) is 91.0 Å². The summed E-state index contributed by atoms with van der Waals surface area (Å²) in [5.74, 6) is -0.596. The fourth-order valence-corrected chi connectivity index (χ4v) is 4.55. The standard InChI is InChI=1S/C29H27N3O2/c33-28(23-14-6-2-7-15-23)32(31-18-10-3-11-19-31)29(34)26-21-24(20-22-12-4-1-5-13-22)30-27-17-9-8-16-25(26)27/h1-2,4-9,12-17,21H,3,10-11,18-20H2. The van der Waals surface area contributed by atoms with Crippen LogP contribution in [0.5, 0.6) is 0 Å². The van der Waals surface area contributed by atoms with Crippen LogP contribution in [0.2, 0.25) is 0 Å². The summed E-state index contributed by atoms with van der Waals surface area (Å²) < 4.78 is 0. The summed E-state index contributed by atoms with van der Waals surface area (Å²) in [5, 5.41) is 4.03. The second-order valence-corrected chi connectivity index (χ2v) is 8.64. The number of benzene rings is 3. The first-order chi connectivity index (χ1) is 16.7. The van der Waals surface area contributed by atoms with Crippen molar-refractivity contribution in [1.29, 1.82) is 0 Å². The van der Waals surface area contributed by atoms with Gasteiger partial charge in [-0.25, -0.2) is 10.0 Å². The van der Waals surface area contributed by atoms with Gasteiger partial charge >= 0.3 is 0 Å². The van der Waals surface area contributed by atoms with Gasteiger partial charge in [-0.15, -0.1) is 0 Å². The monoisotopic (exact) mass is 449 g/mol. The number of carbonyl (C=O) groups is 2. The molecule has 0 bridgehead atoms. The number of amides is 2. The first kappa shape index (κ1) is 22.0. The molecule has 4 aromatic rings. The van der Waals surface area contributed by atoms with Gasteiger partial charge in [0, 0.05) is 36.2 Å². The predicted molar refractivity (Wildman–Crippen MR) is 133 cm³/mol. The van der Waals surface area contributed by atoms with Crippen LogP contribution >= 0.6 is 0 Å². The molecule has 1 fully saturated rings. The molecule has 3 aromatic carbocycles. The summed E-state index contributed by atoms with van der Waals surface area (Å²) >= 11 is 0. The van der Waals surface area contributed by atoms with E-state index in [1.54, 1.807) is 12.1 Å². The second-order valence-electron chi connectivity index (χ2n) is 8.64. The van der Waals surface area contributed by atoms with Crippen molar-refractivity contribution >= 4 is 22.7 Å². The van der Waals surface area contributed by atoms with E-state index in [0.29, 0.717) is 30.6 Å². The minimum absolute atomic E-state index is 0.294. The highest BCUT2D eigenvalue weighted by molar-refractivity contribution is 6.14. The van der Waals surface area contributed by atoms with Crippen LogP contribution < -0.4 is 0 Å². The molecule has 5 nitrogen and oxygen atoms in total. The molecule has 0 saturated carbocycles. The number of rotatable bonds is 5. The molecule has 0 unspecified atom stereocenters. The van der Waals surface area contributed by atoms with Crippen molar-refractivity contribution in [2.45, 2.75) is 25.7 Å². The second kappa shape index (κ2) is 9.98. The minimum atomic E-state index is -0.302. The van der Waals surface area contributed by atoms with E-state index >= 15 is 0 Å². The van der Waals surface area contributed by atoms with Crippen molar-refractivity contribution < 1.29 is 9.59 Å². The number of pyridine rings is 1. The van der Waals surface area contributed by atoms with Crippen LogP contribution in [0.4, 0.5) is 0 Å². The van der Waals surface area contributed by atoms with Crippen molar-refractivity contribution in [3.63, 3.8) is 0 Å². The normalized spacial score (nSPS) is 14.1. The molecule has 1 saturated heterocycles. The number of nitrogens with zero attached hydrogens (tertiary/aromatic N) is 3.